The van der Waals surface area contributed by atoms with Gasteiger partial charge in [0.25, 0.3) is 5.91 Å². The number of benzene rings is 2. The predicted octanol–water partition coefficient (Wildman–Crippen LogP) is 1.74. The fourth-order valence-corrected chi connectivity index (χ4v) is 4.14. The molecule has 1 fully saturated rings. The van der Waals surface area contributed by atoms with E-state index in [9.17, 15) is 22.8 Å². The van der Waals surface area contributed by atoms with Gasteiger partial charge in [0.05, 0.1) is 17.9 Å². The maximum Gasteiger partial charge on any atom is 0.297 e. The lowest BCUT2D eigenvalue weighted by atomic mass is 9.97. The summed E-state index contributed by atoms with van der Waals surface area (Å²) in [6.07, 6.45) is 1.79. The molecule has 1 aliphatic heterocycles. The Hall–Kier alpha value is -3.00. The van der Waals surface area contributed by atoms with Crippen LogP contribution in [0.15, 0.2) is 54.6 Å². The van der Waals surface area contributed by atoms with Crippen molar-refractivity contribution in [2.75, 3.05) is 23.7 Å². The number of Topliss-reactive ketones (excluding diaryl/α,β-unsaturated/α-hetero) is 1. The van der Waals surface area contributed by atoms with E-state index in [4.69, 9.17) is 0 Å². The molecular weight excluding hydrogens is 392 g/mol. The number of amides is 2. The zero-order chi connectivity index (χ0) is 21.2. The van der Waals surface area contributed by atoms with Crippen molar-refractivity contribution >= 4 is 33.3 Å². The van der Waals surface area contributed by atoms with E-state index >= 15 is 0 Å². The molecule has 1 atom stereocenters. The second kappa shape index (κ2) is 8.16. The van der Waals surface area contributed by atoms with Crippen molar-refractivity contribution in [3.05, 3.63) is 65.7 Å². The summed E-state index contributed by atoms with van der Waals surface area (Å²) < 4.78 is 25.5. The van der Waals surface area contributed by atoms with E-state index in [-0.39, 0.29) is 6.54 Å². The Morgan fingerprint density at radius 3 is 2.24 bits per heavy atom. The first kappa shape index (κ1) is 20.7. The minimum atomic E-state index is -3.77. The first-order chi connectivity index (χ1) is 13.7. The summed E-state index contributed by atoms with van der Waals surface area (Å²) in [4.78, 5) is 38.4. The highest BCUT2D eigenvalue weighted by atomic mass is 32.2. The molecule has 152 valence electrons. The third kappa shape index (κ3) is 4.37. The topological polar surface area (TPSA) is 91.8 Å². The van der Waals surface area contributed by atoms with Crippen molar-refractivity contribution in [2.45, 2.75) is 19.3 Å². The highest BCUT2D eigenvalue weighted by Gasteiger charge is 2.43. The molecule has 0 unspecified atom stereocenters. The number of hydrogen-bond donors (Lipinski definition) is 0. The molecule has 1 saturated heterocycles. The van der Waals surface area contributed by atoms with Gasteiger partial charge in [0.1, 0.15) is 6.54 Å². The molecule has 0 radical (unpaired) electrons. The molecule has 1 heterocycles. The van der Waals surface area contributed by atoms with Gasteiger partial charge < -0.3 is 0 Å². The van der Waals surface area contributed by atoms with Gasteiger partial charge in [-0.25, -0.2) is 8.42 Å². The van der Waals surface area contributed by atoms with Crippen LogP contribution < -0.4 is 4.31 Å². The average Bonchev–Trinajstić information content (AvgIpc) is 3.01. The van der Waals surface area contributed by atoms with Crippen molar-refractivity contribution in [1.82, 2.24) is 4.90 Å². The predicted molar refractivity (Wildman–Crippen MR) is 109 cm³/mol. The molecule has 0 N–H and O–H groups in total. The number of aryl methyl sites for hydroxylation is 1. The summed E-state index contributed by atoms with van der Waals surface area (Å²) in [6, 6.07) is 15.6. The first-order valence-electron chi connectivity index (χ1n) is 9.22. The number of carbonyl (C=O) groups is 3. The van der Waals surface area contributed by atoms with E-state index in [1.54, 1.807) is 54.6 Å². The molecule has 1 aliphatic rings. The molecule has 3 rings (SSSR count). The van der Waals surface area contributed by atoms with Crippen LogP contribution in [0.2, 0.25) is 0 Å². The van der Waals surface area contributed by atoms with Crippen LogP contribution in [0.5, 0.6) is 0 Å². The van der Waals surface area contributed by atoms with Crippen molar-refractivity contribution in [2.24, 2.45) is 0 Å². The van der Waals surface area contributed by atoms with Crippen LogP contribution in [-0.2, 0) is 30.8 Å². The molecule has 2 aromatic carbocycles. The number of hydrogen-bond acceptors (Lipinski definition) is 5. The van der Waals surface area contributed by atoms with Crippen LogP contribution in [0.4, 0.5) is 5.69 Å². The number of carbonyl (C=O) groups excluding carboxylic acids is 3. The Bertz CT molecular complexity index is 1030. The van der Waals surface area contributed by atoms with E-state index in [0.717, 1.165) is 27.4 Å². The molecule has 0 saturated carbocycles. The monoisotopic (exact) mass is 414 g/mol. The lowest BCUT2D eigenvalue weighted by Gasteiger charge is -2.24. The third-order valence-corrected chi connectivity index (χ3v) is 6.09. The molecule has 7 nitrogen and oxygen atoms in total. The average molecular weight is 414 g/mol. The van der Waals surface area contributed by atoms with E-state index in [2.05, 4.69) is 0 Å². The number of nitrogens with zero attached hydrogens (tertiary/aromatic N) is 2. The number of rotatable bonds is 6. The fourth-order valence-electron chi connectivity index (χ4n) is 3.29. The van der Waals surface area contributed by atoms with Crippen LogP contribution in [0.3, 0.4) is 0 Å². The molecule has 8 heteroatoms. The van der Waals surface area contributed by atoms with Gasteiger partial charge in [0.15, 0.2) is 0 Å². The van der Waals surface area contributed by atoms with E-state index in [0.29, 0.717) is 11.3 Å². The zero-order valence-electron chi connectivity index (χ0n) is 16.2. The summed E-state index contributed by atoms with van der Waals surface area (Å²) >= 11 is 0. The van der Waals surface area contributed by atoms with Crippen molar-refractivity contribution < 1.29 is 22.8 Å². The van der Waals surface area contributed by atoms with Crippen LogP contribution >= 0.6 is 0 Å². The normalized spacial score (nSPS) is 16.9. The van der Waals surface area contributed by atoms with E-state index < -0.39 is 40.1 Å². The van der Waals surface area contributed by atoms with Crippen molar-refractivity contribution in [3.63, 3.8) is 0 Å². The van der Waals surface area contributed by atoms with Gasteiger partial charge in [0, 0.05) is 6.54 Å². The van der Waals surface area contributed by atoms with Crippen molar-refractivity contribution in [1.29, 1.82) is 0 Å². The van der Waals surface area contributed by atoms with Gasteiger partial charge in [-0.15, -0.1) is 0 Å². The number of likely N-dealkylation sites (tertiary alicyclic amines) is 1. The Labute approximate surface area is 170 Å². The first-order valence-corrected chi connectivity index (χ1v) is 11.1. The summed E-state index contributed by atoms with van der Waals surface area (Å²) in [5, 5.41) is 0. The highest BCUT2D eigenvalue weighted by molar-refractivity contribution is 7.92. The molecular formula is C21H22N2O5S. The number of ketones is 1. The second-order valence-electron chi connectivity index (χ2n) is 6.93. The van der Waals surface area contributed by atoms with Gasteiger partial charge in [-0.2, -0.15) is 0 Å². The quantitative estimate of drug-likeness (QED) is 0.672. The zero-order valence-corrected chi connectivity index (χ0v) is 17.1. The molecule has 0 aliphatic carbocycles. The maximum atomic E-state index is 12.8. The summed E-state index contributed by atoms with van der Waals surface area (Å²) in [5.74, 6) is -3.03. The summed E-state index contributed by atoms with van der Waals surface area (Å²) in [7, 11) is -3.77. The minimum Gasteiger partial charge on any atom is -0.288 e. The minimum absolute atomic E-state index is 0.0904. The third-order valence-electron chi connectivity index (χ3n) is 4.95. The van der Waals surface area contributed by atoms with Crippen molar-refractivity contribution in [3.8, 4) is 0 Å². The van der Waals surface area contributed by atoms with Crippen LogP contribution in [0, 0.1) is 0 Å². The smallest absolute Gasteiger partial charge is 0.288 e. The Balaban J connectivity index is 1.82. The molecule has 0 bridgehead atoms. The van der Waals surface area contributed by atoms with Gasteiger partial charge in [-0.05, 0) is 29.7 Å². The number of sulfonamides is 1. The van der Waals surface area contributed by atoms with Crippen LogP contribution in [0.1, 0.15) is 24.0 Å². The molecule has 29 heavy (non-hydrogen) atoms. The van der Waals surface area contributed by atoms with Gasteiger partial charge in [-0.3, -0.25) is 23.6 Å². The van der Waals surface area contributed by atoms with Crippen LogP contribution in [-0.4, -0.2) is 50.3 Å². The highest BCUT2D eigenvalue weighted by Crippen LogP contribution is 2.26. The fraction of sp³-hybridized carbons (Fsp3) is 0.286. The van der Waals surface area contributed by atoms with E-state index in [1.807, 2.05) is 6.92 Å². The van der Waals surface area contributed by atoms with Gasteiger partial charge in [-0.1, -0.05) is 49.4 Å². The van der Waals surface area contributed by atoms with Gasteiger partial charge >= 0.3 is 0 Å². The molecule has 2 aromatic rings. The standard InChI is InChI=1S/C21H22N2O5S/c1-3-15-9-11-17(12-10-15)23(29(2,27)28)14-19(24)22-13-18(20(25)21(22)26)16-7-5-4-6-8-16/h4-12,18H,3,13-14H2,1-2H3/t18-/m1/s1. The summed E-state index contributed by atoms with van der Waals surface area (Å²) in [6.45, 7) is 1.34. The molecule has 2 amide bonds. The lowest BCUT2D eigenvalue weighted by Crippen LogP contribution is -2.44. The molecule has 0 spiro atoms. The molecule has 0 aromatic heterocycles. The number of anilines is 1. The summed E-state index contributed by atoms with van der Waals surface area (Å²) in [5.41, 5.74) is 2.01. The number of imide groups is 1. The van der Waals surface area contributed by atoms with Gasteiger partial charge in [0.2, 0.25) is 21.7 Å². The van der Waals surface area contributed by atoms with Crippen LogP contribution in [0.25, 0.3) is 0 Å². The Morgan fingerprint density at radius 2 is 1.69 bits per heavy atom. The largest absolute Gasteiger partial charge is 0.297 e. The Morgan fingerprint density at radius 1 is 1.07 bits per heavy atom. The maximum absolute atomic E-state index is 12.8. The Kier molecular flexibility index (Phi) is 5.83. The lowest BCUT2D eigenvalue weighted by molar-refractivity contribution is -0.146. The SMILES string of the molecule is CCc1ccc(N(CC(=O)N2C[C@H](c3ccccc3)C(=O)C2=O)S(C)(=O)=O)cc1. The second-order valence-corrected chi connectivity index (χ2v) is 8.83. The van der Waals surface area contributed by atoms with E-state index in [1.165, 1.54) is 0 Å².